The zero-order chi connectivity index (χ0) is 15.0. The Balaban J connectivity index is 1.60. The Morgan fingerprint density at radius 2 is 2.05 bits per heavy atom. The molecule has 1 aromatic rings. The summed E-state index contributed by atoms with van der Waals surface area (Å²) in [5.41, 5.74) is 0. The average molecular weight is 314 g/mol. The van der Waals surface area contributed by atoms with Gasteiger partial charge in [-0.2, -0.15) is 0 Å². The molecule has 0 aromatic carbocycles. The first-order chi connectivity index (χ1) is 9.98. The summed E-state index contributed by atoms with van der Waals surface area (Å²) in [6.07, 6.45) is 3.83. The van der Waals surface area contributed by atoms with E-state index in [0.29, 0.717) is 30.4 Å². The van der Waals surface area contributed by atoms with E-state index in [2.05, 4.69) is 5.32 Å². The molecule has 2 fully saturated rings. The lowest BCUT2D eigenvalue weighted by Crippen LogP contribution is -2.37. The summed E-state index contributed by atoms with van der Waals surface area (Å²) >= 11 is 0. The van der Waals surface area contributed by atoms with Crippen LogP contribution in [-0.2, 0) is 21.3 Å². The van der Waals surface area contributed by atoms with Gasteiger partial charge in [-0.3, -0.25) is 0 Å². The average Bonchev–Trinajstić information content (AvgIpc) is 3.00. The smallest absolute Gasteiger partial charge is 0.275 e. The van der Waals surface area contributed by atoms with Crippen molar-refractivity contribution >= 4 is 10.0 Å². The van der Waals surface area contributed by atoms with Crippen LogP contribution < -0.4 is 5.32 Å². The molecule has 0 radical (unpaired) electrons. The van der Waals surface area contributed by atoms with Gasteiger partial charge < -0.3 is 14.5 Å². The van der Waals surface area contributed by atoms with Gasteiger partial charge >= 0.3 is 0 Å². The molecule has 2 atom stereocenters. The number of nitrogens with one attached hydrogen (secondary N) is 1. The highest BCUT2D eigenvalue weighted by Crippen LogP contribution is 2.38. The molecule has 118 valence electrons. The van der Waals surface area contributed by atoms with Crippen molar-refractivity contribution in [1.82, 2.24) is 9.62 Å². The standard InChI is InChI=1S/C14H22N2O4S/c1-16(2)21(17,18)13-6-5-11(20-13)9-15-12-7-8-19-14(12)10-3-4-10/h5-6,10,12,14-15H,3-4,7-9H2,1-2H3. The number of hydrogen-bond donors (Lipinski definition) is 1. The minimum Gasteiger partial charge on any atom is -0.447 e. The van der Waals surface area contributed by atoms with Crippen LogP contribution in [0.1, 0.15) is 25.0 Å². The molecule has 1 aliphatic heterocycles. The van der Waals surface area contributed by atoms with Crippen LogP contribution in [0.15, 0.2) is 21.6 Å². The van der Waals surface area contributed by atoms with Crippen molar-refractivity contribution < 1.29 is 17.6 Å². The lowest BCUT2D eigenvalue weighted by Gasteiger charge is -2.18. The molecule has 1 aromatic heterocycles. The van der Waals surface area contributed by atoms with E-state index >= 15 is 0 Å². The Morgan fingerprint density at radius 1 is 1.29 bits per heavy atom. The van der Waals surface area contributed by atoms with Crippen molar-refractivity contribution in [3.05, 3.63) is 17.9 Å². The van der Waals surface area contributed by atoms with Crippen LogP contribution >= 0.6 is 0 Å². The van der Waals surface area contributed by atoms with Gasteiger partial charge in [0.05, 0.1) is 12.6 Å². The summed E-state index contributed by atoms with van der Waals surface area (Å²) in [6.45, 7) is 1.33. The van der Waals surface area contributed by atoms with E-state index in [-0.39, 0.29) is 5.09 Å². The molecule has 1 aliphatic carbocycles. The van der Waals surface area contributed by atoms with Crippen molar-refractivity contribution in [2.24, 2.45) is 5.92 Å². The Kier molecular flexibility index (Phi) is 4.09. The van der Waals surface area contributed by atoms with Crippen LogP contribution in [0.25, 0.3) is 0 Å². The number of ether oxygens (including phenoxy) is 1. The van der Waals surface area contributed by atoms with Gasteiger partial charge in [-0.1, -0.05) is 0 Å². The predicted molar refractivity (Wildman–Crippen MR) is 77.3 cm³/mol. The number of rotatable bonds is 6. The van der Waals surface area contributed by atoms with Crippen molar-refractivity contribution in [2.75, 3.05) is 20.7 Å². The summed E-state index contributed by atoms with van der Waals surface area (Å²) in [5, 5.41) is 3.43. The topological polar surface area (TPSA) is 71.8 Å². The highest BCUT2D eigenvalue weighted by Gasteiger charge is 2.40. The second-order valence-electron chi connectivity index (χ2n) is 5.96. The van der Waals surface area contributed by atoms with Crippen molar-refractivity contribution in [3.8, 4) is 0 Å². The van der Waals surface area contributed by atoms with Gasteiger partial charge in [0.15, 0.2) is 0 Å². The quantitative estimate of drug-likeness (QED) is 0.854. The van der Waals surface area contributed by atoms with Gasteiger partial charge in [0, 0.05) is 26.7 Å². The molecule has 2 unspecified atom stereocenters. The summed E-state index contributed by atoms with van der Waals surface area (Å²) in [6, 6.07) is 3.57. The molecule has 2 heterocycles. The molecular formula is C14H22N2O4S. The Bertz CT molecular complexity index is 592. The van der Waals surface area contributed by atoms with Crippen molar-refractivity contribution in [3.63, 3.8) is 0 Å². The minimum atomic E-state index is -3.49. The van der Waals surface area contributed by atoms with Crippen molar-refractivity contribution in [2.45, 2.75) is 43.0 Å². The van der Waals surface area contributed by atoms with Crippen LogP contribution in [0.5, 0.6) is 0 Å². The van der Waals surface area contributed by atoms with Gasteiger partial charge in [-0.05, 0) is 37.3 Å². The summed E-state index contributed by atoms with van der Waals surface area (Å²) in [7, 11) is -0.510. The van der Waals surface area contributed by atoms with E-state index < -0.39 is 10.0 Å². The molecule has 6 nitrogen and oxygen atoms in total. The Hall–Kier alpha value is -0.890. The fraction of sp³-hybridized carbons (Fsp3) is 0.714. The number of furan rings is 1. The lowest BCUT2D eigenvalue weighted by atomic mass is 10.1. The molecule has 1 saturated carbocycles. The van der Waals surface area contributed by atoms with Gasteiger partial charge in [0.25, 0.3) is 10.0 Å². The maximum absolute atomic E-state index is 11.9. The van der Waals surface area contributed by atoms with E-state index in [9.17, 15) is 8.42 Å². The van der Waals surface area contributed by atoms with E-state index in [4.69, 9.17) is 9.15 Å². The van der Waals surface area contributed by atoms with Crippen molar-refractivity contribution in [1.29, 1.82) is 0 Å². The molecule has 1 N–H and O–H groups in total. The third kappa shape index (κ3) is 3.15. The first-order valence-corrected chi connectivity index (χ1v) is 8.79. The summed E-state index contributed by atoms with van der Waals surface area (Å²) in [4.78, 5) is 0. The Morgan fingerprint density at radius 3 is 2.71 bits per heavy atom. The summed E-state index contributed by atoms with van der Waals surface area (Å²) in [5.74, 6) is 1.34. The first-order valence-electron chi connectivity index (χ1n) is 7.34. The fourth-order valence-corrected chi connectivity index (χ4v) is 3.53. The summed E-state index contributed by atoms with van der Waals surface area (Å²) < 4.78 is 36.3. The van der Waals surface area contributed by atoms with Crippen LogP contribution in [0.3, 0.4) is 0 Å². The zero-order valence-electron chi connectivity index (χ0n) is 12.4. The third-order valence-electron chi connectivity index (χ3n) is 4.13. The minimum absolute atomic E-state index is 0.00860. The van der Waals surface area contributed by atoms with Crippen LogP contribution in [-0.4, -0.2) is 45.6 Å². The highest BCUT2D eigenvalue weighted by molar-refractivity contribution is 7.88. The van der Waals surface area contributed by atoms with Gasteiger partial charge in [-0.15, -0.1) is 0 Å². The molecule has 3 rings (SSSR count). The maximum atomic E-state index is 11.9. The lowest BCUT2D eigenvalue weighted by molar-refractivity contribution is 0.0804. The van der Waals surface area contributed by atoms with Crippen LogP contribution in [0, 0.1) is 5.92 Å². The molecule has 21 heavy (non-hydrogen) atoms. The third-order valence-corrected chi connectivity index (χ3v) is 5.82. The largest absolute Gasteiger partial charge is 0.447 e. The van der Waals surface area contributed by atoms with Gasteiger partial charge in [0.1, 0.15) is 5.76 Å². The van der Waals surface area contributed by atoms with E-state index in [0.717, 1.165) is 17.3 Å². The predicted octanol–water partition coefficient (Wildman–Crippen LogP) is 1.19. The molecule has 2 aliphatic rings. The number of nitrogens with zero attached hydrogens (tertiary/aromatic N) is 1. The van der Waals surface area contributed by atoms with Gasteiger partial charge in [0.2, 0.25) is 5.09 Å². The second-order valence-corrected chi connectivity index (χ2v) is 8.04. The number of hydrogen-bond acceptors (Lipinski definition) is 5. The molecule has 0 amide bonds. The Labute approximate surface area is 125 Å². The van der Waals surface area contributed by atoms with Gasteiger partial charge in [-0.25, -0.2) is 12.7 Å². The SMILES string of the molecule is CN(C)S(=O)(=O)c1ccc(CNC2CCOC2C2CC2)o1. The highest BCUT2D eigenvalue weighted by atomic mass is 32.2. The molecule has 0 bridgehead atoms. The fourth-order valence-electron chi connectivity index (χ4n) is 2.72. The van der Waals surface area contributed by atoms with E-state index in [1.807, 2.05) is 0 Å². The van der Waals surface area contributed by atoms with E-state index in [1.165, 1.54) is 33.0 Å². The second kappa shape index (κ2) is 5.72. The van der Waals surface area contributed by atoms with E-state index in [1.54, 1.807) is 6.07 Å². The molecule has 7 heteroatoms. The van der Waals surface area contributed by atoms with Crippen LogP contribution in [0.4, 0.5) is 0 Å². The molecule has 1 saturated heterocycles. The molecule has 0 spiro atoms. The first kappa shape index (κ1) is 15.0. The normalized spacial score (nSPS) is 26.6. The number of sulfonamides is 1. The van der Waals surface area contributed by atoms with Crippen LogP contribution in [0.2, 0.25) is 0 Å². The zero-order valence-corrected chi connectivity index (χ0v) is 13.2. The molecular weight excluding hydrogens is 292 g/mol. The monoisotopic (exact) mass is 314 g/mol. The maximum Gasteiger partial charge on any atom is 0.275 e.